The molecule has 3 aromatic carbocycles. The van der Waals surface area contributed by atoms with Crippen molar-refractivity contribution in [2.75, 3.05) is 20.2 Å². The fourth-order valence-electron chi connectivity index (χ4n) is 7.24. The van der Waals surface area contributed by atoms with Crippen molar-refractivity contribution in [3.05, 3.63) is 101 Å². The zero-order valence-corrected chi connectivity index (χ0v) is 23.5. The molecule has 5 heteroatoms. The molecule has 0 radical (unpaired) electrons. The molecule has 0 aromatic heterocycles. The molecule has 0 unspecified atom stereocenters. The summed E-state index contributed by atoms with van der Waals surface area (Å²) in [4.78, 5) is 32.9. The van der Waals surface area contributed by atoms with Gasteiger partial charge in [0.1, 0.15) is 5.75 Å². The smallest absolute Gasteiger partial charge is 0.254 e. The number of rotatable bonds is 6. The lowest BCUT2D eigenvalue weighted by Gasteiger charge is -2.48. The Labute approximate surface area is 238 Å². The number of likely N-dealkylation sites (tertiary alicyclic amines) is 1. The zero-order valence-electron chi connectivity index (χ0n) is 23.5. The maximum absolute atomic E-state index is 14.6. The van der Waals surface area contributed by atoms with Crippen LogP contribution in [0, 0.1) is 5.92 Å². The van der Waals surface area contributed by atoms with E-state index in [0.29, 0.717) is 11.5 Å². The Bertz CT molecular complexity index is 1310. The number of piperidine rings is 1. The molecule has 40 heavy (non-hydrogen) atoms. The summed E-state index contributed by atoms with van der Waals surface area (Å²) in [6.07, 6.45) is 8.52. The molecule has 3 aliphatic rings. The van der Waals surface area contributed by atoms with Crippen molar-refractivity contribution >= 4 is 11.8 Å². The van der Waals surface area contributed by atoms with E-state index in [2.05, 4.69) is 40.1 Å². The zero-order chi connectivity index (χ0) is 27.5. The highest BCUT2D eigenvalue weighted by atomic mass is 16.5. The average molecular weight is 537 g/mol. The van der Waals surface area contributed by atoms with Crippen molar-refractivity contribution in [3.8, 4) is 5.75 Å². The van der Waals surface area contributed by atoms with E-state index in [4.69, 9.17) is 4.74 Å². The highest BCUT2D eigenvalue weighted by Gasteiger charge is 2.48. The molecular weight excluding hydrogens is 496 g/mol. The third-order valence-electron chi connectivity index (χ3n) is 9.36. The van der Waals surface area contributed by atoms with Gasteiger partial charge in [-0.05, 0) is 72.9 Å². The molecule has 2 amide bonds. The van der Waals surface area contributed by atoms with Gasteiger partial charge in [0.05, 0.1) is 19.1 Å². The van der Waals surface area contributed by atoms with Crippen LogP contribution in [-0.2, 0) is 11.2 Å². The normalized spacial score (nSPS) is 22.2. The second-order valence-corrected chi connectivity index (χ2v) is 11.7. The van der Waals surface area contributed by atoms with Gasteiger partial charge in [0.25, 0.3) is 5.91 Å². The van der Waals surface area contributed by atoms with Gasteiger partial charge >= 0.3 is 0 Å². The molecule has 6 rings (SSSR count). The van der Waals surface area contributed by atoms with Crippen molar-refractivity contribution < 1.29 is 14.3 Å². The third kappa shape index (κ3) is 5.26. The molecule has 5 nitrogen and oxygen atoms in total. The van der Waals surface area contributed by atoms with Crippen molar-refractivity contribution in [2.24, 2.45) is 5.92 Å². The van der Waals surface area contributed by atoms with Gasteiger partial charge in [0.2, 0.25) is 5.91 Å². The quantitative estimate of drug-likeness (QED) is 0.349. The number of hydrogen-bond donors (Lipinski definition) is 0. The summed E-state index contributed by atoms with van der Waals surface area (Å²) in [6.45, 7) is 1.53. The standard InChI is InChI=1S/C35H40N2O3/c1-40-29-18-16-27(17-19-29)33-32(35(39)36-22-20-26(21-23-36)24-25-10-4-2-5-11-25)30-14-8-9-15-31(30)34(38)37(33)28-12-6-3-7-13-28/h2,4-5,8-11,14-19,26,28,32-33H,3,6-7,12-13,20-24H2,1H3/t32-,33+/m0/s1. The van der Waals surface area contributed by atoms with E-state index >= 15 is 0 Å². The third-order valence-corrected chi connectivity index (χ3v) is 9.36. The first-order valence-electron chi connectivity index (χ1n) is 15.0. The highest BCUT2D eigenvalue weighted by Crippen LogP contribution is 2.47. The number of benzene rings is 3. The van der Waals surface area contributed by atoms with Gasteiger partial charge in [-0.25, -0.2) is 0 Å². The molecule has 2 fully saturated rings. The molecule has 208 valence electrons. The molecule has 1 saturated heterocycles. The van der Waals surface area contributed by atoms with Gasteiger partial charge in [0.15, 0.2) is 0 Å². The molecule has 2 atom stereocenters. The van der Waals surface area contributed by atoms with E-state index in [9.17, 15) is 9.59 Å². The Morgan fingerprint density at radius 3 is 2.20 bits per heavy atom. The van der Waals surface area contributed by atoms with E-state index in [1.165, 1.54) is 12.0 Å². The van der Waals surface area contributed by atoms with Crippen LogP contribution in [0.15, 0.2) is 78.9 Å². The van der Waals surface area contributed by atoms with Crippen LogP contribution >= 0.6 is 0 Å². The van der Waals surface area contributed by atoms with E-state index < -0.39 is 5.92 Å². The van der Waals surface area contributed by atoms with Crippen LogP contribution in [0.5, 0.6) is 5.75 Å². The first-order valence-corrected chi connectivity index (χ1v) is 15.0. The topological polar surface area (TPSA) is 49.9 Å². The predicted octanol–water partition coefficient (Wildman–Crippen LogP) is 6.79. The lowest BCUT2D eigenvalue weighted by atomic mass is 9.76. The monoisotopic (exact) mass is 536 g/mol. The van der Waals surface area contributed by atoms with Gasteiger partial charge in [-0.2, -0.15) is 0 Å². The van der Waals surface area contributed by atoms with Crippen LogP contribution in [-0.4, -0.2) is 47.9 Å². The molecule has 2 heterocycles. The number of methoxy groups -OCH3 is 1. The summed E-state index contributed by atoms with van der Waals surface area (Å²) >= 11 is 0. The molecular formula is C35H40N2O3. The van der Waals surface area contributed by atoms with Gasteiger partial charge in [-0.15, -0.1) is 0 Å². The number of ether oxygens (including phenoxy) is 1. The van der Waals surface area contributed by atoms with Crippen LogP contribution in [0.3, 0.4) is 0 Å². The molecule has 0 N–H and O–H groups in total. The Kier molecular flexibility index (Phi) is 7.90. The minimum Gasteiger partial charge on any atom is -0.497 e. The largest absolute Gasteiger partial charge is 0.497 e. The average Bonchev–Trinajstić information content (AvgIpc) is 3.02. The fraction of sp³-hybridized carbons (Fsp3) is 0.429. The highest BCUT2D eigenvalue weighted by molar-refractivity contribution is 6.01. The van der Waals surface area contributed by atoms with E-state index in [-0.39, 0.29) is 23.9 Å². The van der Waals surface area contributed by atoms with E-state index in [1.54, 1.807) is 7.11 Å². The molecule has 3 aromatic rings. The number of hydrogen-bond acceptors (Lipinski definition) is 3. The second-order valence-electron chi connectivity index (χ2n) is 11.7. The number of nitrogens with zero attached hydrogens (tertiary/aromatic N) is 2. The summed E-state index contributed by atoms with van der Waals surface area (Å²) in [5, 5.41) is 0. The number of carbonyl (C=O) groups excluding carboxylic acids is 2. The van der Waals surface area contributed by atoms with Crippen molar-refractivity contribution in [1.29, 1.82) is 0 Å². The summed E-state index contributed by atoms with van der Waals surface area (Å²) < 4.78 is 5.44. The van der Waals surface area contributed by atoms with Crippen LogP contribution in [0.25, 0.3) is 0 Å². The first-order chi connectivity index (χ1) is 19.6. The van der Waals surface area contributed by atoms with Crippen LogP contribution < -0.4 is 4.74 Å². The molecule has 0 bridgehead atoms. The van der Waals surface area contributed by atoms with Gasteiger partial charge in [-0.3, -0.25) is 9.59 Å². The summed E-state index contributed by atoms with van der Waals surface area (Å²) in [7, 11) is 1.66. The first kappa shape index (κ1) is 26.6. The SMILES string of the molecule is COc1ccc([C@@H]2[C@@H](C(=O)N3CCC(Cc4ccccc4)CC3)c3ccccc3C(=O)N2C2CCCCC2)cc1. The molecule has 1 aliphatic carbocycles. The van der Waals surface area contributed by atoms with Gasteiger partial charge < -0.3 is 14.5 Å². The Morgan fingerprint density at radius 1 is 0.825 bits per heavy atom. The molecule has 0 spiro atoms. The van der Waals surface area contributed by atoms with Gasteiger partial charge in [0, 0.05) is 24.7 Å². The van der Waals surface area contributed by atoms with E-state index in [1.807, 2.05) is 48.5 Å². The number of carbonyl (C=O) groups is 2. The fourth-order valence-corrected chi connectivity index (χ4v) is 7.24. The summed E-state index contributed by atoms with van der Waals surface area (Å²) in [5.74, 6) is 1.16. The lowest BCUT2D eigenvalue weighted by molar-refractivity contribution is -0.136. The molecule has 2 aliphatic heterocycles. The Morgan fingerprint density at radius 2 is 1.50 bits per heavy atom. The minimum absolute atomic E-state index is 0.0638. The predicted molar refractivity (Wildman–Crippen MR) is 157 cm³/mol. The second kappa shape index (κ2) is 11.9. The van der Waals surface area contributed by atoms with Crippen molar-refractivity contribution in [1.82, 2.24) is 9.80 Å². The maximum atomic E-state index is 14.6. The maximum Gasteiger partial charge on any atom is 0.254 e. The molecule has 1 saturated carbocycles. The number of amides is 2. The van der Waals surface area contributed by atoms with Crippen molar-refractivity contribution in [3.63, 3.8) is 0 Å². The minimum atomic E-state index is -0.421. The Balaban J connectivity index is 1.33. The van der Waals surface area contributed by atoms with Crippen LogP contribution in [0.4, 0.5) is 0 Å². The Hall–Kier alpha value is -3.60. The number of fused-ring (bicyclic) bond motifs is 1. The van der Waals surface area contributed by atoms with Crippen molar-refractivity contribution in [2.45, 2.75) is 69.4 Å². The summed E-state index contributed by atoms with van der Waals surface area (Å²) in [5.41, 5.74) is 3.94. The van der Waals surface area contributed by atoms with Gasteiger partial charge in [-0.1, -0.05) is 79.9 Å². The summed E-state index contributed by atoms with van der Waals surface area (Å²) in [6, 6.07) is 26.3. The van der Waals surface area contributed by atoms with E-state index in [0.717, 1.165) is 74.9 Å². The lowest BCUT2D eigenvalue weighted by Crippen LogP contribution is -2.53. The van der Waals surface area contributed by atoms with Crippen LogP contribution in [0.2, 0.25) is 0 Å². The van der Waals surface area contributed by atoms with Crippen LogP contribution in [0.1, 0.15) is 84.0 Å².